The van der Waals surface area contributed by atoms with E-state index in [0.717, 1.165) is 23.9 Å². The zero-order chi connectivity index (χ0) is 10.8. The van der Waals surface area contributed by atoms with E-state index in [2.05, 4.69) is 21.6 Å². The molecule has 1 spiro atoms. The van der Waals surface area contributed by atoms with Gasteiger partial charge in [0.15, 0.2) is 0 Å². The fraction of sp³-hybridized carbons (Fsp3) is 0.733. The molecule has 6 heterocycles. The third kappa shape index (κ3) is 0.628. The second kappa shape index (κ2) is 2.23. The van der Waals surface area contributed by atoms with Gasteiger partial charge < -0.3 is 4.57 Å². The lowest BCUT2D eigenvalue weighted by molar-refractivity contribution is 0.0409. The molecule has 2 nitrogen and oxygen atoms in total. The van der Waals surface area contributed by atoms with Crippen LogP contribution in [0.25, 0.3) is 0 Å². The van der Waals surface area contributed by atoms with Crippen molar-refractivity contribution in [2.75, 3.05) is 0 Å². The quantitative estimate of drug-likeness (QED) is 0.658. The summed E-state index contributed by atoms with van der Waals surface area (Å²) in [5, 5.41) is 0. The molecular weight excluding hydrogens is 208 g/mol. The Balaban J connectivity index is 1.72. The SMILES string of the molecule is c1cc2n3c1CC1CC4CCC5CC(C2)C13N45. The molecule has 0 N–H and O–H groups in total. The molecule has 0 bridgehead atoms. The predicted octanol–water partition coefficient (Wildman–Crippen LogP) is 2.13. The van der Waals surface area contributed by atoms with E-state index >= 15 is 0 Å². The minimum atomic E-state index is 0.486. The van der Waals surface area contributed by atoms with Crippen molar-refractivity contribution >= 4 is 0 Å². The van der Waals surface area contributed by atoms with Gasteiger partial charge in [0.1, 0.15) is 5.66 Å². The molecule has 2 heteroatoms. The molecular formula is C15H18N2. The summed E-state index contributed by atoms with van der Waals surface area (Å²) < 4.78 is 2.80. The van der Waals surface area contributed by atoms with Gasteiger partial charge in [0, 0.05) is 35.3 Å². The number of rotatable bonds is 0. The number of hydrogen-bond acceptors (Lipinski definition) is 1. The van der Waals surface area contributed by atoms with Crippen LogP contribution >= 0.6 is 0 Å². The molecule has 17 heavy (non-hydrogen) atoms. The second-order valence-electron chi connectivity index (χ2n) is 7.00. The highest BCUT2D eigenvalue weighted by atomic mass is 15.5. The molecule has 0 aliphatic carbocycles. The molecule has 1 aromatic heterocycles. The highest BCUT2D eigenvalue weighted by molar-refractivity contribution is 5.35. The minimum absolute atomic E-state index is 0.486. The van der Waals surface area contributed by atoms with Gasteiger partial charge in [-0.05, 0) is 50.7 Å². The fourth-order valence-corrected chi connectivity index (χ4v) is 6.52. The average molecular weight is 226 g/mol. The van der Waals surface area contributed by atoms with Gasteiger partial charge in [-0.1, -0.05) is 0 Å². The van der Waals surface area contributed by atoms with Crippen molar-refractivity contribution < 1.29 is 0 Å². The normalized spacial score (nSPS) is 52.5. The van der Waals surface area contributed by atoms with Gasteiger partial charge in [-0.3, -0.25) is 4.90 Å². The van der Waals surface area contributed by atoms with Crippen LogP contribution in [0.15, 0.2) is 12.1 Å². The first-order valence-corrected chi connectivity index (χ1v) is 7.37. The smallest absolute Gasteiger partial charge is 0.105 e. The summed E-state index contributed by atoms with van der Waals surface area (Å²) in [6.07, 6.45) is 8.71. The van der Waals surface area contributed by atoms with Crippen LogP contribution in [0, 0.1) is 11.8 Å². The van der Waals surface area contributed by atoms with Crippen LogP contribution in [0.5, 0.6) is 0 Å². The van der Waals surface area contributed by atoms with E-state index in [-0.39, 0.29) is 0 Å². The Kier molecular flexibility index (Phi) is 1.10. The van der Waals surface area contributed by atoms with E-state index < -0.39 is 0 Å². The lowest BCUT2D eigenvalue weighted by Gasteiger charge is -2.37. The van der Waals surface area contributed by atoms with Crippen molar-refractivity contribution in [3.63, 3.8) is 0 Å². The first-order valence-electron chi connectivity index (χ1n) is 7.37. The third-order valence-corrected chi connectivity index (χ3v) is 6.66. The summed E-state index contributed by atoms with van der Waals surface area (Å²) in [6, 6.07) is 6.71. The van der Waals surface area contributed by atoms with Crippen LogP contribution in [-0.4, -0.2) is 21.6 Å². The van der Waals surface area contributed by atoms with Crippen molar-refractivity contribution in [2.45, 2.75) is 56.3 Å². The Morgan fingerprint density at radius 2 is 1.53 bits per heavy atom. The molecule has 5 aliphatic heterocycles. The molecule has 6 rings (SSSR count). The largest absolute Gasteiger partial charge is 0.329 e. The first kappa shape index (κ1) is 8.36. The van der Waals surface area contributed by atoms with E-state index in [1.165, 1.54) is 38.5 Å². The van der Waals surface area contributed by atoms with Crippen LogP contribution in [0.2, 0.25) is 0 Å². The summed E-state index contributed by atoms with van der Waals surface area (Å²) in [4.78, 5) is 3.00. The highest BCUT2D eigenvalue weighted by Crippen LogP contribution is 2.66. The van der Waals surface area contributed by atoms with E-state index in [4.69, 9.17) is 0 Å². The van der Waals surface area contributed by atoms with E-state index in [9.17, 15) is 0 Å². The summed E-state index contributed by atoms with van der Waals surface area (Å²) >= 11 is 0. The molecule has 0 saturated carbocycles. The molecule has 5 aliphatic rings. The molecule has 1 aromatic rings. The standard InChI is InChI=1S/C15H18N2/c1-2-12-6-10-8-14-4-3-13-7-9-5-11(1)16(12)15(9,10)17(13)14/h1-2,9-10,13-14H,3-8H2. The van der Waals surface area contributed by atoms with E-state index in [0.29, 0.717) is 5.66 Å². The zero-order valence-electron chi connectivity index (χ0n) is 10.1. The van der Waals surface area contributed by atoms with Crippen molar-refractivity contribution in [3.05, 3.63) is 23.5 Å². The summed E-state index contributed by atoms with van der Waals surface area (Å²) in [6.45, 7) is 0. The molecule has 0 radical (unpaired) electrons. The highest BCUT2D eigenvalue weighted by Gasteiger charge is 2.70. The summed E-state index contributed by atoms with van der Waals surface area (Å²) in [7, 11) is 0. The lowest BCUT2D eigenvalue weighted by Crippen LogP contribution is -2.46. The average Bonchev–Trinajstić information content (AvgIpc) is 2.97. The Labute approximate surface area is 102 Å². The Bertz CT molecular complexity index is 502. The summed E-state index contributed by atoms with van der Waals surface area (Å²) in [5.74, 6) is 1.92. The molecule has 3 saturated heterocycles. The van der Waals surface area contributed by atoms with Crippen LogP contribution in [-0.2, 0) is 18.5 Å². The van der Waals surface area contributed by atoms with Gasteiger partial charge in [-0.15, -0.1) is 0 Å². The van der Waals surface area contributed by atoms with Crippen molar-refractivity contribution in [3.8, 4) is 0 Å². The second-order valence-corrected chi connectivity index (χ2v) is 7.00. The molecule has 0 aromatic carbocycles. The number of nitrogens with zero attached hydrogens (tertiary/aromatic N) is 2. The first-order chi connectivity index (χ1) is 8.39. The van der Waals surface area contributed by atoms with Crippen molar-refractivity contribution in [1.29, 1.82) is 0 Å². The Hall–Kier alpha value is -0.760. The fourth-order valence-electron chi connectivity index (χ4n) is 6.52. The number of hydrogen-bond donors (Lipinski definition) is 0. The van der Waals surface area contributed by atoms with Gasteiger partial charge in [0.2, 0.25) is 0 Å². The van der Waals surface area contributed by atoms with Gasteiger partial charge in [-0.2, -0.15) is 0 Å². The molecule has 3 fully saturated rings. The van der Waals surface area contributed by atoms with Crippen LogP contribution in [0.3, 0.4) is 0 Å². The number of aromatic nitrogens is 1. The van der Waals surface area contributed by atoms with Crippen LogP contribution in [0.1, 0.15) is 37.1 Å². The van der Waals surface area contributed by atoms with E-state index in [1.807, 2.05) is 0 Å². The van der Waals surface area contributed by atoms with Crippen LogP contribution < -0.4 is 0 Å². The van der Waals surface area contributed by atoms with Crippen molar-refractivity contribution in [1.82, 2.24) is 9.47 Å². The van der Waals surface area contributed by atoms with Gasteiger partial charge in [-0.25, -0.2) is 0 Å². The van der Waals surface area contributed by atoms with Gasteiger partial charge >= 0.3 is 0 Å². The topological polar surface area (TPSA) is 8.17 Å². The molecule has 0 amide bonds. The molecule has 88 valence electrons. The van der Waals surface area contributed by atoms with Crippen molar-refractivity contribution in [2.24, 2.45) is 11.8 Å². The maximum absolute atomic E-state index is 3.00. The van der Waals surface area contributed by atoms with Gasteiger partial charge in [0.25, 0.3) is 0 Å². The maximum Gasteiger partial charge on any atom is 0.105 e. The monoisotopic (exact) mass is 226 g/mol. The molecule has 4 unspecified atom stereocenters. The lowest BCUT2D eigenvalue weighted by atomic mass is 9.83. The third-order valence-electron chi connectivity index (χ3n) is 6.66. The minimum Gasteiger partial charge on any atom is -0.329 e. The van der Waals surface area contributed by atoms with Gasteiger partial charge in [0.05, 0.1) is 0 Å². The maximum atomic E-state index is 3.00. The predicted molar refractivity (Wildman–Crippen MR) is 64.7 cm³/mol. The Morgan fingerprint density at radius 3 is 2.12 bits per heavy atom. The summed E-state index contributed by atoms with van der Waals surface area (Å²) in [5.41, 5.74) is 3.79. The van der Waals surface area contributed by atoms with Crippen LogP contribution in [0.4, 0.5) is 0 Å². The van der Waals surface area contributed by atoms with E-state index in [1.54, 1.807) is 11.4 Å². The molecule has 4 atom stereocenters. The zero-order valence-corrected chi connectivity index (χ0v) is 10.1. The Morgan fingerprint density at radius 1 is 0.941 bits per heavy atom.